The van der Waals surface area contributed by atoms with Crippen molar-refractivity contribution in [2.75, 3.05) is 0 Å². The lowest BCUT2D eigenvalue weighted by Gasteiger charge is -2.35. The van der Waals surface area contributed by atoms with Crippen molar-refractivity contribution in [3.05, 3.63) is 71.8 Å². The highest BCUT2D eigenvalue weighted by Gasteiger charge is 2.31. The summed E-state index contributed by atoms with van der Waals surface area (Å²) in [7, 11) is 0. The van der Waals surface area contributed by atoms with E-state index in [9.17, 15) is 0 Å². The van der Waals surface area contributed by atoms with Gasteiger partial charge >= 0.3 is 0 Å². The summed E-state index contributed by atoms with van der Waals surface area (Å²) in [5.41, 5.74) is 3.35. The molecule has 0 aliphatic heterocycles. The Labute approximate surface area is 187 Å². The standard InChI is InChI=1S/C30H46/c1-3-5-7-9-11-19-25-30(29-23-17-14-18-24-29,26-20-12-10-8-6-4-2)27-28-21-15-13-16-22-28/h13-18,21-24H,3-12,19-20,25-27H2,1-2H3. The quantitative estimate of drug-likeness (QED) is 0.229. The average Bonchev–Trinajstić information content (AvgIpc) is 2.79. The molecule has 0 fully saturated rings. The predicted molar refractivity (Wildman–Crippen MR) is 134 cm³/mol. The molecule has 0 spiro atoms. The minimum Gasteiger partial charge on any atom is -0.0654 e. The molecule has 166 valence electrons. The second-order valence-corrected chi connectivity index (χ2v) is 9.34. The lowest BCUT2D eigenvalue weighted by atomic mass is 9.68. The van der Waals surface area contributed by atoms with Crippen LogP contribution in [0.4, 0.5) is 0 Å². The molecule has 0 heteroatoms. The molecule has 0 unspecified atom stereocenters. The Morgan fingerprint density at radius 3 is 1.43 bits per heavy atom. The topological polar surface area (TPSA) is 0 Å². The molecule has 0 aliphatic rings. The predicted octanol–water partition coefficient (Wildman–Crippen LogP) is 9.67. The van der Waals surface area contributed by atoms with Crippen LogP contribution in [0.25, 0.3) is 0 Å². The van der Waals surface area contributed by atoms with Crippen LogP contribution in [0.3, 0.4) is 0 Å². The number of benzene rings is 2. The summed E-state index contributed by atoms with van der Waals surface area (Å²) >= 11 is 0. The van der Waals surface area contributed by atoms with Gasteiger partial charge in [-0.3, -0.25) is 0 Å². The third kappa shape index (κ3) is 9.07. The fraction of sp³-hybridized carbons (Fsp3) is 0.600. The van der Waals surface area contributed by atoms with E-state index >= 15 is 0 Å². The fourth-order valence-corrected chi connectivity index (χ4v) is 4.96. The Balaban J connectivity index is 2.10. The summed E-state index contributed by atoms with van der Waals surface area (Å²) in [5.74, 6) is 0. The van der Waals surface area contributed by atoms with Gasteiger partial charge in [0, 0.05) is 0 Å². The van der Waals surface area contributed by atoms with Crippen LogP contribution in [-0.4, -0.2) is 0 Å². The monoisotopic (exact) mass is 406 g/mol. The van der Waals surface area contributed by atoms with Crippen molar-refractivity contribution in [2.45, 2.75) is 116 Å². The molecule has 0 nitrogen and oxygen atoms in total. The van der Waals surface area contributed by atoms with Crippen LogP contribution < -0.4 is 0 Å². The normalized spacial score (nSPS) is 11.7. The van der Waals surface area contributed by atoms with Gasteiger partial charge in [0.1, 0.15) is 0 Å². The summed E-state index contributed by atoms with van der Waals surface area (Å²) in [6.45, 7) is 4.61. The van der Waals surface area contributed by atoms with Crippen molar-refractivity contribution in [3.8, 4) is 0 Å². The van der Waals surface area contributed by atoms with Gasteiger partial charge in [-0.1, -0.05) is 152 Å². The van der Waals surface area contributed by atoms with Crippen LogP contribution in [0.2, 0.25) is 0 Å². The summed E-state index contributed by atoms with van der Waals surface area (Å²) in [6, 6.07) is 22.7. The van der Waals surface area contributed by atoms with Gasteiger partial charge in [0.25, 0.3) is 0 Å². The van der Waals surface area contributed by atoms with E-state index in [0.717, 1.165) is 0 Å². The molecule has 0 aromatic heterocycles. The minimum atomic E-state index is 0.290. The van der Waals surface area contributed by atoms with Crippen molar-refractivity contribution in [1.29, 1.82) is 0 Å². The molecule has 0 heterocycles. The van der Waals surface area contributed by atoms with Gasteiger partial charge in [0.15, 0.2) is 0 Å². The summed E-state index contributed by atoms with van der Waals surface area (Å²) in [6.07, 6.45) is 20.4. The van der Waals surface area contributed by atoms with E-state index in [1.807, 2.05) is 0 Å². The molecule has 30 heavy (non-hydrogen) atoms. The first-order valence-electron chi connectivity index (χ1n) is 12.9. The smallest absolute Gasteiger partial charge is 0.000665 e. The highest BCUT2D eigenvalue weighted by molar-refractivity contribution is 5.29. The molecule has 0 N–H and O–H groups in total. The second-order valence-electron chi connectivity index (χ2n) is 9.34. The molecule has 2 rings (SSSR count). The van der Waals surface area contributed by atoms with E-state index < -0.39 is 0 Å². The van der Waals surface area contributed by atoms with Crippen molar-refractivity contribution in [2.24, 2.45) is 0 Å². The van der Waals surface area contributed by atoms with E-state index in [1.54, 1.807) is 5.56 Å². The Morgan fingerprint density at radius 2 is 0.933 bits per heavy atom. The first-order chi connectivity index (χ1) is 14.8. The number of rotatable bonds is 17. The summed E-state index contributed by atoms with van der Waals surface area (Å²) < 4.78 is 0. The molecule has 0 amide bonds. The maximum absolute atomic E-state index is 2.40. The number of hydrogen-bond acceptors (Lipinski definition) is 0. The third-order valence-corrected chi connectivity index (χ3v) is 6.79. The first-order valence-corrected chi connectivity index (χ1v) is 12.9. The van der Waals surface area contributed by atoms with Gasteiger partial charge in [-0.2, -0.15) is 0 Å². The molecule has 0 atom stereocenters. The van der Waals surface area contributed by atoms with Gasteiger partial charge < -0.3 is 0 Å². The Bertz CT molecular complexity index is 612. The van der Waals surface area contributed by atoms with Gasteiger partial charge in [0.2, 0.25) is 0 Å². The zero-order chi connectivity index (χ0) is 21.3. The van der Waals surface area contributed by atoms with Crippen LogP contribution in [-0.2, 0) is 11.8 Å². The Morgan fingerprint density at radius 1 is 0.500 bits per heavy atom. The highest BCUT2D eigenvalue weighted by Crippen LogP contribution is 2.39. The molecule has 0 aliphatic carbocycles. The van der Waals surface area contributed by atoms with Crippen LogP contribution in [0.5, 0.6) is 0 Å². The SMILES string of the molecule is CCCCCCCCC(CCCCCCCC)(Cc1ccccc1)c1ccccc1. The molecule has 0 bridgehead atoms. The Kier molecular flexibility index (Phi) is 12.6. The average molecular weight is 407 g/mol. The van der Waals surface area contributed by atoms with E-state index in [1.165, 1.54) is 102 Å². The van der Waals surface area contributed by atoms with Crippen molar-refractivity contribution in [1.82, 2.24) is 0 Å². The van der Waals surface area contributed by atoms with Gasteiger partial charge in [-0.05, 0) is 35.8 Å². The zero-order valence-electron chi connectivity index (χ0n) is 19.9. The van der Waals surface area contributed by atoms with Crippen molar-refractivity contribution >= 4 is 0 Å². The molecular weight excluding hydrogens is 360 g/mol. The molecule has 0 saturated carbocycles. The van der Waals surface area contributed by atoms with Gasteiger partial charge in [-0.15, -0.1) is 0 Å². The van der Waals surface area contributed by atoms with Gasteiger partial charge in [0.05, 0.1) is 0 Å². The van der Waals surface area contributed by atoms with Crippen molar-refractivity contribution < 1.29 is 0 Å². The first kappa shape index (κ1) is 24.7. The van der Waals surface area contributed by atoms with E-state index in [2.05, 4.69) is 74.5 Å². The number of unbranched alkanes of at least 4 members (excludes halogenated alkanes) is 10. The fourth-order valence-electron chi connectivity index (χ4n) is 4.96. The van der Waals surface area contributed by atoms with Crippen molar-refractivity contribution in [3.63, 3.8) is 0 Å². The summed E-state index contributed by atoms with van der Waals surface area (Å²) in [4.78, 5) is 0. The van der Waals surface area contributed by atoms with Crippen LogP contribution in [0, 0.1) is 0 Å². The van der Waals surface area contributed by atoms with Crippen LogP contribution in [0.1, 0.15) is 115 Å². The molecule has 0 radical (unpaired) electrons. The molecule has 0 saturated heterocycles. The maximum Gasteiger partial charge on any atom is -0.000665 e. The van der Waals surface area contributed by atoms with E-state index in [0.29, 0.717) is 0 Å². The zero-order valence-corrected chi connectivity index (χ0v) is 19.9. The lowest BCUT2D eigenvalue weighted by Crippen LogP contribution is -2.29. The molecule has 2 aromatic carbocycles. The maximum atomic E-state index is 2.40. The highest BCUT2D eigenvalue weighted by atomic mass is 14.3. The Hall–Kier alpha value is -1.56. The third-order valence-electron chi connectivity index (χ3n) is 6.79. The largest absolute Gasteiger partial charge is 0.0654 e. The van der Waals surface area contributed by atoms with Crippen LogP contribution in [0.15, 0.2) is 60.7 Å². The second kappa shape index (κ2) is 15.3. The van der Waals surface area contributed by atoms with E-state index in [4.69, 9.17) is 0 Å². The molecular formula is C30H46. The number of hydrogen-bond donors (Lipinski definition) is 0. The van der Waals surface area contributed by atoms with Gasteiger partial charge in [-0.25, -0.2) is 0 Å². The lowest BCUT2D eigenvalue weighted by molar-refractivity contribution is 0.329. The van der Waals surface area contributed by atoms with E-state index in [-0.39, 0.29) is 5.41 Å². The van der Waals surface area contributed by atoms with Crippen LogP contribution >= 0.6 is 0 Å². The summed E-state index contributed by atoms with van der Waals surface area (Å²) in [5, 5.41) is 0. The molecule has 2 aromatic rings. The minimum absolute atomic E-state index is 0.290.